The summed E-state index contributed by atoms with van der Waals surface area (Å²) in [5, 5.41) is 9.46. The maximum Gasteiger partial charge on any atom is 0.215 e. The quantitative estimate of drug-likeness (QED) is 0.753. The number of pyridine rings is 1. The molecule has 0 unspecified atom stereocenters. The smallest absolute Gasteiger partial charge is 0.215 e. The Labute approximate surface area is 87.0 Å². The van der Waals surface area contributed by atoms with Crippen LogP contribution >= 0.6 is 0 Å². The monoisotopic (exact) mass is 199 g/mol. The first kappa shape index (κ1) is 9.40. The number of carbonyl (C=O) groups excluding carboxylic acids is 1. The van der Waals surface area contributed by atoms with Gasteiger partial charge in [-0.3, -0.25) is 4.79 Å². The van der Waals surface area contributed by atoms with E-state index in [-0.39, 0.29) is 17.2 Å². The zero-order chi connectivity index (χ0) is 10.7. The van der Waals surface area contributed by atoms with Crippen LogP contribution in [-0.4, -0.2) is 15.9 Å². The van der Waals surface area contributed by atoms with E-state index in [0.29, 0.717) is 5.56 Å². The normalized spacial score (nSPS) is 9.87. The van der Waals surface area contributed by atoms with Gasteiger partial charge in [0.2, 0.25) is 5.78 Å². The SMILES string of the molecule is O=C(c1ccccc1)c1ncccc1O. The fraction of sp³-hybridized carbons (Fsp3) is 0. The molecule has 2 rings (SSSR count). The van der Waals surface area contributed by atoms with Crippen molar-refractivity contribution in [1.29, 1.82) is 0 Å². The average Bonchev–Trinajstić information content (AvgIpc) is 2.30. The molecule has 1 aromatic heterocycles. The lowest BCUT2D eigenvalue weighted by Gasteiger charge is -2.01. The van der Waals surface area contributed by atoms with Gasteiger partial charge in [-0.25, -0.2) is 4.98 Å². The van der Waals surface area contributed by atoms with E-state index >= 15 is 0 Å². The molecule has 0 aliphatic carbocycles. The molecule has 0 atom stereocenters. The van der Waals surface area contributed by atoms with Gasteiger partial charge in [-0.15, -0.1) is 0 Å². The number of ketones is 1. The summed E-state index contributed by atoms with van der Waals surface area (Å²) in [6, 6.07) is 11.8. The third-order valence-electron chi connectivity index (χ3n) is 2.04. The van der Waals surface area contributed by atoms with Crippen LogP contribution in [0.3, 0.4) is 0 Å². The molecule has 0 bridgehead atoms. The maximum atomic E-state index is 11.8. The first-order valence-corrected chi connectivity index (χ1v) is 4.53. The van der Waals surface area contributed by atoms with Gasteiger partial charge in [-0.05, 0) is 12.1 Å². The van der Waals surface area contributed by atoms with Crippen LogP contribution in [0.25, 0.3) is 0 Å². The lowest BCUT2D eigenvalue weighted by atomic mass is 10.1. The van der Waals surface area contributed by atoms with Gasteiger partial charge in [-0.2, -0.15) is 0 Å². The summed E-state index contributed by atoms with van der Waals surface area (Å²) in [7, 11) is 0. The van der Waals surface area contributed by atoms with Gasteiger partial charge in [0.25, 0.3) is 0 Å². The van der Waals surface area contributed by atoms with E-state index in [0.717, 1.165) is 0 Å². The zero-order valence-corrected chi connectivity index (χ0v) is 7.92. The third-order valence-corrected chi connectivity index (χ3v) is 2.04. The number of hydrogen-bond acceptors (Lipinski definition) is 3. The Kier molecular flexibility index (Phi) is 2.46. The second kappa shape index (κ2) is 3.92. The average molecular weight is 199 g/mol. The molecule has 0 saturated heterocycles. The van der Waals surface area contributed by atoms with Crippen LogP contribution in [0, 0.1) is 0 Å². The van der Waals surface area contributed by atoms with E-state index in [4.69, 9.17) is 0 Å². The van der Waals surface area contributed by atoms with Crippen LogP contribution in [-0.2, 0) is 0 Å². The molecule has 0 saturated carbocycles. The second-order valence-electron chi connectivity index (χ2n) is 3.07. The first-order valence-electron chi connectivity index (χ1n) is 4.53. The fourth-order valence-electron chi connectivity index (χ4n) is 1.30. The summed E-state index contributed by atoms with van der Waals surface area (Å²) in [4.78, 5) is 15.7. The summed E-state index contributed by atoms with van der Waals surface area (Å²) >= 11 is 0. The van der Waals surface area contributed by atoms with E-state index in [9.17, 15) is 9.90 Å². The Morgan fingerprint density at radius 2 is 1.80 bits per heavy atom. The summed E-state index contributed by atoms with van der Waals surface area (Å²) in [5.74, 6) is -0.361. The van der Waals surface area contributed by atoms with E-state index in [1.807, 2.05) is 6.07 Å². The summed E-state index contributed by atoms with van der Waals surface area (Å²) in [6.07, 6.45) is 1.48. The molecule has 0 aliphatic rings. The summed E-state index contributed by atoms with van der Waals surface area (Å²) in [5.41, 5.74) is 0.607. The van der Waals surface area contributed by atoms with Gasteiger partial charge in [0.05, 0.1) is 0 Å². The minimum absolute atomic E-state index is 0.0868. The molecular weight excluding hydrogens is 190 g/mol. The number of hydrogen-bond donors (Lipinski definition) is 1. The molecule has 3 heteroatoms. The van der Waals surface area contributed by atoms with Crippen molar-refractivity contribution in [3.63, 3.8) is 0 Å². The van der Waals surface area contributed by atoms with Gasteiger partial charge in [0.1, 0.15) is 5.75 Å². The molecule has 3 nitrogen and oxygen atoms in total. The molecule has 0 radical (unpaired) electrons. The molecule has 1 aromatic carbocycles. The Bertz CT molecular complexity index is 480. The number of benzene rings is 1. The Balaban J connectivity index is 2.42. The predicted octanol–water partition coefficient (Wildman–Crippen LogP) is 2.02. The maximum absolute atomic E-state index is 11.8. The molecule has 2 aromatic rings. The van der Waals surface area contributed by atoms with Crippen molar-refractivity contribution in [2.45, 2.75) is 0 Å². The van der Waals surface area contributed by atoms with Crippen molar-refractivity contribution >= 4 is 5.78 Å². The highest BCUT2D eigenvalue weighted by atomic mass is 16.3. The topological polar surface area (TPSA) is 50.2 Å². The number of carbonyl (C=O) groups is 1. The Morgan fingerprint density at radius 1 is 1.07 bits per heavy atom. The van der Waals surface area contributed by atoms with Crippen molar-refractivity contribution in [3.05, 3.63) is 59.9 Å². The van der Waals surface area contributed by atoms with Crippen LogP contribution in [0.2, 0.25) is 0 Å². The largest absolute Gasteiger partial charge is 0.506 e. The highest BCUT2D eigenvalue weighted by Crippen LogP contribution is 2.16. The second-order valence-corrected chi connectivity index (χ2v) is 3.07. The molecule has 0 fully saturated rings. The lowest BCUT2D eigenvalue weighted by molar-refractivity contribution is 0.103. The molecule has 74 valence electrons. The Hall–Kier alpha value is -2.16. The molecule has 0 aliphatic heterocycles. The summed E-state index contributed by atoms with van der Waals surface area (Å²) in [6.45, 7) is 0. The number of aromatic hydroxyl groups is 1. The molecule has 0 spiro atoms. The minimum Gasteiger partial charge on any atom is -0.506 e. The van der Waals surface area contributed by atoms with Crippen LogP contribution in [0.1, 0.15) is 16.1 Å². The van der Waals surface area contributed by atoms with Gasteiger partial charge in [0.15, 0.2) is 5.69 Å². The van der Waals surface area contributed by atoms with Gasteiger partial charge >= 0.3 is 0 Å². The summed E-state index contributed by atoms with van der Waals surface area (Å²) < 4.78 is 0. The lowest BCUT2D eigenvalue weighted by Crippen LogP contribution is -2.03. The van der Waals surface area contributed by atoms with Crippen molar-refractivity contribution in [3.8, 4) is 5.75 Å². The predicted molar refractivity (Wildman–Crippen MR) is 55.8 cm³/mol. The van der Waals surface area contributed by atoms with Crippen LogP contribution in [0.4, 0.5) is 0 Å². The molecule has 0 amide bonds. The van der Waals surface area contributed by atoms with Crippen LogP contribution < -0.4 is 0 Å². The number of aromatic nitrogens is 1. The van der Waals surface area contributed by atoms with E-state index < -0.39 is 0 Å². The van der Waals surface area contributed by atoms with Crippen LogP contribution in [0.5, 0.6) is 5.75 Å². The fourth-order valence-corrected chi connectivity index (χ4v) is 1.30. The molecule has 1 heterocycles. The Morgan fingerprint density at radius 3 is 2.47 bits per heavy atom. The van der Waals surface area contributed by atoms with Gasteiger partial charge in [-0.1, -0.05) is 30.3 Å². The standard InChI is InChI=1S/C12H9NO2/c14-10-7-4-8-13-11(10)12(15)9-5-2-1-3-6-9/h1-8,14H. The molecular formula is C12H9NO2. The van der Waals surface area contributed by atoms with Gasteiger partial charge < -0.3 is 5.11 Å². The minimum atomic E-state index is -0.270. The highest BCUT2D eigenvalue weighted by Gasteiger charge is 2.13. The van der Waals surface area contributed by atoms with E-state index in [2.05, 4.69) is 4.98 Å². The number of rotatable bonds is 2. The molecule has 1 N–H and O–H groups in total. The van der Waals surface area contributed by atoms with Crippen molar-refractivity contribution < 1.29 is 9.90 Å². The van der Waals surface area contributed by atoms with E-state index in [1.165, 1.54) is 12.3 Å². The zero-order valence-electron chi connectivity index (χ0n) is 7.92. The van der Waals surface area contributed by atoms with Crippen molar-refractivity contribution in [2.75, 3.05) is 0 Å². The van der Waals surface area contributed by atoms with Crippen LogP contribution in [0.15, 0.2) is 48.7 Å². The van der Waals surface area contributed by atoms with Gasteiger partial charge in [0, 0.05) is 11.8 Å². The van der Waals surface area contributed by atoms with Crippen molar-refractivity contribution in [2.24, 2.45) is 0 Å². The number of nitrogens with zero attached hydrogens (tertiary/aromatic N) is 1. The third kappa shape index (κ3) is 1.86. The highest BCUT2D eigenvalue weighted by molar-refractivity contribution is 6.09. The van der Waals surface area contributed by atoms with E-state index in [1.54, 1.807) is 30.3 Å². The van der Waals surface area contributed by atoms with Crippen molar-refractivity contribution in [1.82, 2.24) is 4.98 Å². The first-order chi connectivity index (χ1) is 7.29. The molecule has 15 heavy (non-hydrogen) atoms.